The lowest BCUT2D eigenvalue weighted by atomic mass is 9.99. The van der Waals surface area contributed by atoms with Gasteiger partial charge in [-0.15, -0.1) is 0 Å². The molecule has 1 saturated heterocycles. The molecule has 3 heteroatoms. The molecule has 1 aliphatic rings. The minimum Gasteiger partial charge on any atom is -0.508 e. The topological polar surface area (TPSA) is 35.5 Å². The van der Waals surface area contributed by atoms with Crippen LogP contribution in [-0.4, -0.2) is 42.7 Å². The molecule has 0 saturated carbocycles. The number of hydrogen-bond donors (Lipinski definition) is 2. The summed E-state index contributed by atoms with van der Waals surface area (Å²) in [6.45, 7) is 9.81. The van der Waals surface area contributed by atoms with Crippen LogP contribution in [0.1, 0.15) is 30.9 Å². The number of benzene rings is 1. The van der Waals surface area contributed by atoms with Gasteiger partial charge < -0.3 is 15.3 Å². The van der Waals surface area contributed by atoms with Crippen molar-refractivity contribution in [3.63, 3.8) is 0 Å². The van der Waals surface area contributed by atoms with Crippen molar-refractivity contribution in [2.75, 3.05) is 32.7 Å². The Morgan fingerprint density at radius 1 is 1.28 bits per heavy atom. The molecule has 0 spiro atoms. The summed E-state index contributed by atoms with van der Waals surface area (Å²) in [5, 5.41) is 13.3. The van der Waals surface area contributed by atoms with E-state index in [-0.39, 0.29) is 0 Å². The first kappa shape index (κ1) is 13.4. The van der Waals surface area contributed by atoms with Crippen molar-refractivity contribution in [3.8, 4) is 5.75 Å². The van der Waals surface area contributed by atoms with Crippen molar-refractivity contribution in [2.24, 2.45) is 0 Å². The first-order valence-corrected chi connectivity index (χ1v) is 6.91. The zero-order valence-corrected chi connectivity index (χ0v) is 11.4. The largest absolute Gasteiger partial charge is 0.508 e. The van der Waals surface area contributed by atoms with Crippen molar-refractivity contribution >= 4 is 0 Å². The predicted molar refractivity (Wildman–Crippen MR) is 75.2 cm³/mol. The van der Waals surface area contributed by atoms with E-state index in [1.54, 1.807) is 0 Å². The van der Waals surface area contributed by atoms with Gasteiger partial charge in [0.15, 0.2) is 0 Å². The molecule has 1 aromatic rings. The molecule has 2 N–H and O–H groups in total. The second kappa shape index (κ2) is 6.21. The van der Waals surface area contributed by atoms with Gasteiger partial charge >= 0.3 is 0 Å². The summed E-state index contributed by atoms with van der Waals surface area (Å²) in [7, 11) is 0. The van der Waals surface area contributed by atoms with E-state index in [0.717, 1.165) is 44.7 Å². The van der Waals surface area contributed by atoms with E-state index in [9.17, 15) is 5.11 Å². The van der Waals surface area contributed by atoms with Gasteiger partial charge in [0.2, 0.25) is 0 Å². The maximum Gasteiger partial charge on any atom is 0.118 e. The van der Waals surface area contributed by atoms with Crippen LogP contribution in [0.3, 0.4) is 0 Å². The number of rotatable bonds is 4. The fourth-order valence-electron chi connectivity index (χ4n) is 2.38. The lowest BCUT2D eigenvalue weighted by molar-refractivity contribution is 0.243. The molecule has 18 heavy (non-hydrogen) atoms. The van der Waals surface area contributed by atoms with Crippen LogP contribution in [0.2, 0.25) is 0 Å². The molecule has 0 atom stereocenters. The molecule has 3 nitrogen and oxygen atoms in total. The second-order valence-electron chi connectivity index (χ2n) is 5.38. The minimum absolute atomic E-state index is 0.439. The lowest BCUT2D eigenvalue weighted by Gasteiger charge is -2.27. The van der Waals surface area contributed by atoms with E-state index in [1.807, 2.05) is 12.1 Å². The number of nitrogens with one attached hydrogen (secondary N) is 1. The molecule has 2 rings (SSSR count). The van der Waals surface area contributed by atoms with Gasteiger partial charge in [0, 0.05) is 32.7 Å². The SMILES string of the molecule is CC(C)c1ccc(O)c(CCN2CCNCC2)c1. The Bertz CT molecular complexity index is 384. The van der Waals surface area contributed by atoms with Crippen LogP contribution in [0.15, 0.2) is 18.2 Å². The number of phenols is 1. The van der Waals surface area contributed by atoms with E-state index in [2.05, 4.69) is 30.1 Å². The van der Waals surface area contributed by atoms with Crippen LogP contribution in [0.25, 0.3) is 0 Å². The fourth-order valence-corrected chi connectivity index (χ4v) is 2.38. The highest BCUT2D eigenvalue weighted by Crippen LogP contribution is 2.23. The second-order valence-corrected chi connectivity index (χ2v) is 5.38. The Morgan fingerprint density at radius 2 is 2.00 bits per heavy atom. The summed E-state index contributed by atoms with van der Waals surface area (Å²) in [6, 6.07) is 6.01. The molecule has 0 radical (unpaired) electrons. The van der Waals surface area contributed by atoms with Gasteiger partial charge in [-0.3, -0.25) is 0 Å². The highest BCUT2D eigenvalue weighted by molar-refractivity contribution is 5.37. The van der Waals surface area contributed by atoms with Crippen LogP contribution in [0.4, 0.5) is 0 Å². The lowest BCUT2D eigenvalue weighted by Crippen LogP contribution is -2.44. The highest BCUT2D eigenvalue weighted by atomic mass is 16.3. The summed E-state index contributed by atoms with van der Waals surface area (Å²) in [5.74, 6) is 0.957. The summed E-state index contributed by atoms with van der Waals surface area (Å²) >= 11 is 0. The van der Waals surface area contributed by atoms with Crippen molar-refractivity contribution in [1.29, 1.82) is 0 Å². The van der Waals surface area contributed by atoms with Crippen LogP contribution in [0.5, 0.6) is 5.75 Å². The average Bonchev–Trinajstić information content (AvgIpc) is 2.38. The molecular weight excluding hydrogens is 224 g/mol. The van der Waals surface area contributed by atoms with Gasteiger partial charge in [0.25, 0.3) is 0 Å². The van der Waals surface area contributed by atoms with Gasteiger partial charge in [-0.2, -0.15) is 0 Å². The molecule has 1 heterocycles. The van der Waals surface area contributed by atoms with E-state index < -0.39 is 0 Å². The summed E-state index contributed by atoms with van der Waals surface area (Å²) < 4.78 is 0. The molecule has 1 fully saturated rings. The Hall–Kier alpha value is -1.06. The number of hydrogen-bond acceptors (Lipinski definition) is 3. The van der Waals surface area contributed by atoms with Crippen LogP contribution in [0, 0.1) is 0 Å². The van der Waals surface area contributed by atoms with Gasteiger partial charge in [-0.1, -0.05) is 26.0 Å². The van der Waals surface area contributed by atoms with Crippen molar-refractivity contribution in [2.45, 2.75) is 26.2 Å². The Labute approximate surface area is 110 Å². The molecule has 100 valence electrons. The van der Waals surface area contributed by atoms with Crippen LogP contribution in [-0.2, 0) is 6.42 Å². The third kappa shape index (κ3) is 3.47. The van der Waals surface area contributed by atoms with E-state index in [1.165, 1.54) is 5.56 Å². The summed E-state index contributed by atoms with van der Waals surface area (Å²) in [6.07, 6.45) is 0.937. The summed E-state index contributed by atoms with van der Waals surface area (Å²) in [4.78, 5) is 2.46. The highest BCUT2D eigenvalue weighted by Gasteiger charge is 2.11. The summed E-state index contributed by atoms with van der Waals surface area (Å²) in [5.41, 5.74) is 2.39. The normalized spacial score (nSPS) is 17.3. The Balaban J connectivity index is 1.97. The number of phenolic OH excluding ortho intramolecular Hbond substituents is 1. The van der Waals surface area contributed by atoms with E-state index in [0.29, 0.717) is 11.7 Å². The van der Waals surface area contributed by atoms with Crippen molar-refractivity contribution < 1.29 is 5.11 Å². The number of aromatic hydroxyl groups is 1. The predicted octanol–water partition coefficient (Wildman–Crippen LogP) is 1.96. The Kier molecular flexibility index (Phi) is 4.61. The maximum atomic E-state index is 9.92. The molecular formula is C15H24N2O. The van der Waals surface area contributed by atoms with Gasteiger partial charge in [-0.25, -0.2) is 0 Å². The zero-order valence-electron chi connectivity index (χ0n) is 11.4. The molecule has 0 bridgehead atoms. The Morgan fingerprint density at radius 3 is 2.67 bits per heavy atom. The van der Waals surface area contributed by atoms with Crippen LogP contribution < -0.4 is 5.32 Å². The van der Waals surface area contributed by atoms with Gasteiger partial charge in [-0.05, 0) is 29.5 Å². The number of piperazine rings is 1. The van der Waals surface area contributed by atoms with E-state index in [4.69, 9.17) is 0 Å². The third-order valence-corrected chi connectivity index (χ3v) is 3.68. The van der Waals surface area contributed by atoms with Crippen molar-refractivity contribution in [1.82, 2.24) is 10.2 Å². The first-order chi connectivity index (χ1) is 8.66. The van der Waals surface area contributed by atoms with Gasteiger partial charge in [0.05, 0.1) is 0 Å². The smallest absolute Gasteiger partial charge is 0.118 e. The quantitative estimate of drug-likeness (QED) is 0.855. The fraction of sp³-hybridized carbons (Fsp3) is 0.600. The monoisotopic (exact) mass is 248 g/mol. The molecule has 0 amide bonds. The molecule has 0 unspecified atom stereocenters. The third-order valence-electron chi connectivity index (χ3n) is 3.68. The van der Waals surface area contributed by atoms with Gasteiger partial charge in [0.1, 0.15) is 5.75 Å². The molecule has 1 aromatic carbocycles. The molecule has 0 aromatic heterocycles. The first-order valence-electron chi connectivity index (χ1n) is 6.91. The number of nitrogens with zero attached hydrogens (tertiary/aromatic N) is 1. The molecule has 1 aliphatic heterocycles. The van der Waals surface area contributed by atoms with Crippen LogP contribution >= 0.6 is 0 Å². The average molecular weight is 248 g/mol. The van der Waals surface area contributed by atoms with E-state index >= 15 is 0 Å². The minimum atomic E-state index is 0.439. The zero-order chi connectivity index (χ0) is 13.0. The van der Waals surface area contributed by atoms with Crippen molar-refractivity contribution in [3.05, 3.63) is 29.3 Å². The maximum absolute atomic E-state index is 9.92. The standard InChI is InChI=1S/C15H24N2O/c1-12(2)13-3-4-15(18)14(11-13)5-8-17-9-6-16-7-10-17/h3-4,11-12,16,18H,5-10H2,1-2H3. The molecule has 0 aliphatic carbocycles.